The van der Waals surface area contributed by atoms with E-state index >= 15 is 0 Å². The van der Waals surface area contributed by atoms with Gasteiger partial charge in [0.05, 0.1) is 6.10 Å². The van der Waals surface area contributed by atoms with Gasteiger partial charge >= 0.3 is 0 Å². The van der Waals surface area contributed by atoms with Gasteiger partial charge in [-0.3, -0.25) is 0 Å². The summed E-state index contributed by atoms with van der Waals surface area (Å²) < 4.78 is 5.11. The minimum Gasteiger partial charge on any atom is -0.508 e. The van der Waals surface area contributed by atoms with Crippen molar-refractivity contribution in [2.24, 2.45) is 0 Å². The van der Waals surface area contributed by atoms with Crippen molar-refractivity contribution in [2.75, 3.05) is 7.11 Å². The predicted molar refractivity (Wildman–Crippen MR) is 49.5 cm³/mol. The molecule has 0 heterocycles. The first-order valence-corrected chi connectivity index (χ1v) is 4.15. The average molecular weight is 182 g/mol. The molecule has 72 valence electrons. The highest BCUT2D eigenvalue weighted by atomic mass is 16.5. The van der Waals surface area contributed by atoms with Crippen LogP contribution in [0.15, 0.2) is 24.3 Å². The van der Waals surface area contributed by atoms with Crippen molar-refractivity contribution in [2.45, 2.75) is 19.1 Å². The second-order valence-corrected chi connectivity index (χ2v) is 2.99. The monoisotopic (exact) mass is 182 g/mol. The highest BCUT2D eigenvalue weighted by Gasteiger charge is 2.15. The van der Waals surface area contributed by atoms with Gasteiger partial charge in [0.15, 0.2) is 0 Å². The summed E-state index contributed by atoms with van der Waals surface area (Å²) in [5, 5.41) is 18.4. The van der Waals surface area contributed by atoms with E-state index in [1.165, 1.54) is 0 Å². The van der Waals surface area contributed by atoms with Crippen LogP contribution in [0.25, 0.3) is 0 Å². The number of ether oxygens (including phenoxy) is 1. The lowest BCUT2D eigenvalue weighted by atomic mass is 10.1. The number of phenolic OH excluding ortho intramolecular Hbond substituents is 1. The second-order valence-electron chi connectivity index (χ2n) is 2.99. The number of rotatable bonds is 3. The summed E-state index contributed by atoms with van der Waals surface area (Å²) in [6.07, 6.45) is -0.893. The largest absolute Gasteiger partial charge is 0.508 e. The molecule has 1 rings (SSSR count). The molecule has 13 heavy (non-hydrogen) atoms. The van der Waals surface area contributed by atoms with Gasteiger partial charge in [0.2, 0.25) is 0 Å². The van der Waals surface area contributed by atoms with Gasteiger partial charge in [-0.15, -0.1) is 0 Å². The zero-order valence-corrected chi connectivity index (χ0v) is 7.77. The van der Waals surface area contributed by atoms with Crippen molar-refractivity contribution < 1.29 is 14.9 Å². The van der Waals surface area contributed by atoms with Crippen LogP contribution in [0.2, 0.25) is 0 Å². The lowest BCUT2D eigenvalue weighted by molar-refractivity contribution is -0.00350. The molecule has 2 atom stereocenters. The third-order valence-corrected chi connectivity index (χ3v) is 1.91. The standard InChI is InChI=1S/C10H14O3/c1-7(11)10(13-2)8-3-5-9(12)6-4-8/h3-7,10-12H,1-2H3/t7-,10+/m1/s1. The van der Waals surface area contributed by atoms with Crippen LogP contribution in [0.3, 0.4) is 0 Å². The second kappa shape index (κ2) is 4.25. The van der Waals surface area contributed by atoms with Crippen LogP contribution < -0.4 is 0 Å². The van der Waals surface area contributed by atoms with Gasteiger partial charge in [0.1, 0.15) is 11.9 Å². The number of aliphatic hydroxyl groups is 1. The first kappa shape index (κ1) is 10.0. The lowest BCUT2D eigenvalue weighted by Gasteiger charge is -2.18. The van der Waals surface area contributed by atoms with E-state index in [2.05, 4.69) is 0 Å². The van der Waals surface area contributed by atoms with Gasteiger partial charge < -0.3 is 14.9 Å². The molecule has 0 bridgehead atoms. The minimum absolute atomic E-state index is 0.212. The third kappa shape index (κ3) is 2.44. The Morgan fingerprint density at radius 3 is 2.15 bits per heavy atom. The van der Waals surface area contributed by atoms with Gasteiger partial charge in [0.25, 0.3) is 0 Å². The lowest BCUT2D eigenvalue weighted by Crippen LogP contribution is -2.16. The topological polar surface area (TPSA) is 49.7 Å². The Balaban J connectivity index is 2.86. The molecule has 1 aromatic carbocycles. The fourth-order valence-electron chi connectivity index (χ4n) is 1.28. The van der Waals surface area contributed by atoms with Crippen molar-refractivity contribution in [3.63, 3.8) is 0 Å². The molecule has 0 fully saturated rings. The van der Waals surface area contributed by atoms with Gasteiger partial charge in [-0.25, -0.2) is 0 Å². The molecule has 0 saturated heterocycles. The summed E-state index contributed by atoms with van der Waals surface area (Å²) >= 11 is 0. The van der Waals surface area contributed by atoms with Crippen LogP contribution in [0, 0.1) is 0 Å². The van der Waals surface area contributed by atoms with E-state index in [4.69, 9.17) is 9.84 Å². The fraction of sp³-hybridized carbons (Fsp3) is 0.400. The number of hydrogen-bond donors (Lipinski definition) is 2. The summed E-state index contributed by atoms with van der Waals surface area (Å²) in [5.41, 5.74) is 0.857. The average Bonchev–Trinajstić information content (AvgIpc) is 2.09. The molecule has 0 aliphatic rings. The van der Waals surface area contributed by atoms with Crippen molar-refractivity contribution in [1.29, 1.82) is 0 Å². The summed E-state index contributed by atoms with van der Waals surface area (Å²) in [7, 11) is 1.55. The Morgan fingerprint density at radius 2 is 1.77 bits per heavy atom. The summed E-state index contributed by atoms with van der Waals surface area (Å²) in [5.74, 6) is 0.212. The van der Waals surface area contributed by atoms with Crippen LogP contribution in [0.4, 0.5) is 0 Å². The number of hydrogen-bond acceptors (Lipinski definition) is 3. The van der Waals surface area contributed by atoms with Crippen molar-refractivity contribution in [3.05, 3.63) is 29.8 Å². The maximum atomic E-state index is 9.35. The smallest absolute Gasteiger partial charge is 0.115 e. The van der Waals surface area contributed by atoms with Crippen LogP contribution in [-0.2, 0) is 4.74 Å². The maximum Gasteiger partial charge on any atom is 0.115 e. The molecule has 0 amide bonds. The summed E-state index contributed by atoms with van der Waals surface area (Å²) in [6, 6.07) is 6.61. The quantitative estimate of drug-likeness (QED) is 0.744. The van der Waals surface area contributed by atoms with E-state index in [0.717, 1.165) is 5.56 Å². The van der Waals surface area contributed by atoms with Crippen LogP contribution in [-0.4, -0.2) is 23.4 Å². The fourth-order valence-corrected chi connectivity index (χ4v) is 1.28. The highest BCUT2D eigenvalue weighted by molar-refractivity contribution is 5.27. The highest BCUT2D eigenvalue weighted by Crippen LogP contribution is 2.22. The number of aromatic hydroxyl groups is 1. The Labute approximate surface area is 77.6 Å². The summed E-state index contributed by atoms with van der Waals surface area (Å²) in [4.78, 5) is 0. The number of phenols is 1. The molecule has 0 unspecified atom stereocenters. The maximum absolute atomic E-state index is 9.35. The molecule has 0 saturated carbocycles. The van der Waals surface area contributed by atoms with E-state index in [9.17, 15) is 5.11 Å². The molecular formula is C10H14O3. The minimum atomic E-state index is -0.561. The molecule has 0 radical (unpaired) electrons. The first-order valence-electron chi connectivity index (χ1n) is 4.15. The van der Waals surface area contributed by atoms with Gasteiger partial charge in [-0.05, 0) is 24.6 Å². The first-order chi connectivity index (χ1) is 6.15. The van der Waals surface area contributed by atoms with E-state index in [1.54, 1.807) is 38.3 Å². The molecule has 0 aliphatic carbocycles. The molecule has 1 aromatic rings. The normalized spacial score (nSPS) is 15.3. The third-order valence-electron chi connectivity index (χ3n) is 1.91. The van der Waals surface area contributed by atoms with Crippen LogP contribution in [0.1, 0.15) is 18.6 Å². The van der Waals surface area contributed by atoms with Crippen molar-refractivity contribution >= 4 is 0 Å². The number of benzene rings is 1. The van der Waals surface area contributed by atoms with E-state index in [0.29, 0.717) is 0 Å². The molecule has 3 heteroatoms. The Morgan fingerprint density at radius 1 is 1.23 bits per heavy atom. The Bertz CT molecular complexity index is 253. The molecule has 3 nitrogen and oxygen atoms in total. The van der Waals surface area contributed by atoms with Crippen LogP contribution >= 0.6 is 0 Å². The van der Waals surface area contributed by atoms with Gasteiger partial charge in [-0.1, -0.05) is 12.1 Å². The molecule has 2 N–H and O–H groups in total. The van der Waals surface area contributed by atoms with E-state index in [-0.39, 0.29) is 11.9 Å². The molecular weight excluding hydrogens is 168 g/mol. The molecule has 0 spiro atoms. The predicted octanol–water partition coefficient (Wildman–Crippen LogP) is 1.46. The molecule has 0 aliphatic heterocycles. The SMILES string of the molecule is CO[C@H](c1ccc(O)cc1)[C@@H](C)O. The Kier molecular flexibility index (Phi) is 3.28. The van der Waals surface area contributed by atoms with Crippen LogP contribution in [0.5, 0.6) is 5.75 Å². The van der Waals surface area contributed by atoms with Crippen molar-refractivity contribution in [3.8, 4) is 5.75 Å². The summed E-state index contributed by atoms with van der Waals surface area (Å²) in [6.45, 7) is 1.67. The van der Waals surface area contributed by atoms with E-state index in [1.807, 2.05) is 0 Å². The van der Waals surface area contributed by atoms with E-state index < -0.39 is 6.10 Å². The van der Waals surface area contributed by atoms with Crippen molar-refractivity contribution in [1.82, 2.24) is 0 Å². The van der Waals surface area contributed by atoms with Gasteiger partial charge in [0, 0.05) is 7.11 Å². The van der Waals surface area contributed by atoms with Gasteiger partial charge in [-0.2, -0.15) is 0 Å². The zero-order valence-electron chi connectivity index (χ0n) is 7.77. The number of methoxy groups -OCH3 is 1. The zero-order chi connectivity index (χ0) is 9.84. The molecule has 0 aromatic heterocycles. The Hall–Kier alpha value is -1.06. The number of aliphatic hydroxyl groups excluding tert-OH is 1.